The highest BCUT2D eigenvalue weighted by Gasteiger charge is 2.36. The zero-order chi connectivity index (χ0) is 9.31. The SMILES string of the molecule is CC1(CNCc2ccc(Cl)o2)CC1. The molecule has 3 heteroatoms. The summed E-state index contributed by atoms with van der Waals surface area (Å²) in [5.74, 6) is 0.911. The summed E-state index contributed by atoms with van der Waals surface area (Å²) in [7, 11) is 0. The van der Waals surface area contributed by atoms with Crippen LogP contribution in [0.3, 0.4) is 0 Å². The van der Waals surface area contributed by atoms with Crippen molar-refractivity contribution in [3.05, 3.63) is 23.1 Å². The quantitative estimate of drug-likeness (QED) is 0.807. The lowest BCUT2D eigenvalue weighted by Gasteiger charge is -2.07. The van der Waals surface area contributed by atoms with Gasteiger partial charge in [-0.15, -0.1) is 0 Å². The minimum atomic E-state index is 0.467. The van der Waals surface area contributed by atoms with Crippen LogP contribution in [0, 0.1) is 5.41 Å². The Morgan fingerprint density at radius 3 is 2.85 bits per heavy atom. The molecule has 0 bridgehead atoms. The molecule has 1 heterocycles. The van der Waals surface area contributed by atoms with Crippen LogP contribution in [0.4, 0.5) is 0 Å². The fourth-order valence-corrected chi connectivity index (χ4v) is 1.49. The third-order valence-electron chi connectivity index (χ3n) is 2.58. The number of furan rings is 1. The molecule has 0 amide bonds. The Kier molecular flexibility index (Phi) is 2.35. The first-order chi connectivity index (χ1) is 6.18. The minimum Gasteiger partial charge on any atom is -0.448 e. The van der Waals surface area contributed by atoms with Crippen LogP contribution in [0.25, 0.3) is 0 Å². The van der Waals surface area contributed by atoms with Gasteiger partial charge in [-0.3, -0.25) is 0 Å². The van der Waals surface area contributed by atoms with Gasteiger partial charge in [-0.25, -0.2) is 0 Å². The summed E-state index contributed by atoms with van der Waals surface area (Å²) in [5.41, 5.74) is 0.552. The molecule has 0 spiro atoms. The maximum Gasteiger partial charge on any atom is 0.193 e. The fourth-order valence-electron chi connectivity index (χ4n) is 1.32. The van der Waals surface area contributed by atoms with Gasteiger partial charge in [0, 0.05) is 6.54 Å². The molecule has 13 heavy (non-hydrogen) atoms. The molecule has 1 aliphatic rings. The van der Waals surface area contributed by atoms with Gasteiger partial charge < -0.3 is 9.73 Å². The number of halogens is 1. The maximum absolute atomic E-state index is 5.65. The van der Waals surface area contributed by atoms with Crippen LogP contribution in [-0.2, 0) is 6.54 Å². The lowest BCUT2D eigenvalue weighted by Crippen LogP contribution is -2.21. The molecular weight excluding hydrogens is 186 g/mol. The highest BCUT2D eigenvalue weighted by molar-refractivity contribution is 6.28. The van der Waals surface area contributed by atoms with Crippen molar-refractivity contribution in [1.82, 2.24) is 5.32 Å². The predicted octanol–water partition coefficient (Wildman–Crippen LogP) is 2.82. The van der Waals surface area contributed by atoms with Gasteiger partial charge in [-0.05, 0) is 42.0 Å². The molecule has 2 rings (SSSR count). The molecule has 0 saturated heterocycles. The minimum absolute atomic E-state index is 0.467. The number of hydrogen-bond donors (Lipinski definition) is 1. The van der Waals surface area contributed by atoms with E-state index in [0.29, 0.717) is 10.6 Å². The molecule has 1 aromatic heterocycles. The smallest absolute Gasteiger partial charge is 0.193 e. The molecular formula is C10H14ClNO. The monoisotopic (exact) mass is 199 g/mol. The lowest BCUT2D eigenvalue weighted by atomic mass is 10.1. The van der Waals surface area contributed by atoms with Gasteiger partial charge in [0.05, 0.1) is 6.54 Å². The molecule has 72 valence electrons. The summed E-state index contributed by atoms with van der Waals surface area (Å²) < 4.78 is 5.22. The lowest BCUT2D eigenvalue weighted by molar-refractivity contribution is 0.447. The topological polar surface area (TPSA) is 25.2 Å². The first kappa shape index (κ1) is 9.10. The van der Waals surface area contributed by atoms with Crippen LogP contribution in [0.1, 0.15) is 25.5 Å². The highest BCUT2D eigenvalue weighted by atomic mass is 35.5. The second-order valence-electron chi connectivity index (χ2n) is 4.12. The second kappa shape index (κ2) is 3.35. The van der Waals surface area contributed by atoms with E-state index in [9.17, 15) is 0 Å². The summed E-state index contributed by atoms with van der Waals surface area (Å²) in [5, 5.41) is 3.83. The van der Waals surface area contributed by atoms with Crippen LogP contribution >= 0.6 is 11.6 Å². The summed E-state index contributed by atoms with van der Waals surface area (Å²) >= 11 is 5.65. The van der Waals surface area contributed by atoms with Crippen LogP contribution in [-0.4, -0.2) is 6.54 Å². The number of rotatable bonds is 4. The van der Waals surface area contributed by atoms with Crippen LogP contribution in [0.2, 0.25) is 5.22 Å². The van der Waals surface area contributed by atoms with E-state index in [1.165, 1.54) is 12.8 Å². The fraction of sp³-hybridized carbons (Fsp3) is 0.600. The van der Waals surface area contributed by atoms with Crippen molar-refractivity contribution in [2.24, 2.45) is 5.41 Å². The number of nitrogens with one attached hydrogen (secondary N) is 1. The van der Waals surface area contributed by atoms with Crippen molar-refractivity contribution < 1.29 is 4.42 Å². The van der Waals surface area contributed by atoms with E-state index < -0.39 is 0 Å². The van der Waals surface area contributed by atoms with Gasteiger partial charge in [0.15, 0.2) is 5.22 Å². The second-order valence-corrected chi connectivity index (χ2v) is 4.49. The van der Waals surface area contributed by atoms with Gasteiger partial charge in [-0.2, -0.15) is 0 Å². The first-order valence-electron chi connectivity index (χ1n) is 4.63. The van der Waals surface area contributed by atoms with Crippen LogP contribution < -0.4 is 5.32 Å². The van der Waals surface area contributed by atoms with E-state index >= 15 is 0 Å². The summed E-state index contributed by atoms with van der Waals surface area (Å²) in [4.78, 5) is 0. The Labute approximate surface area is 83.3 Å². The first-order valence-corrected chi connectivity index (χ1v) is 5.01. The largest absolute Gasteiger partial charge is 0.448 e. The van der Waals surface area contributed by atoms with Crippen molar-refractivity contribution >= 4 is 11.6 Å². The highest BCUT2D eigenvalue weighted by Crippen LogP contribution is 2.44. The zero-order valence-electron chi connectivity index (χ0n) is 7.77. The van der Waals surface area contributed by atoms with Gasteiger partial charge in [0.25, 0.3) is 0 Å². The van der Waals surface area contributed by atoms with Crippen molar-refractivity contribution in [2.75, 3.05) is 6.54 Å². The molecule has 0 aromatic carbocycles. The molecule has 1 saturated carbocycles. The Morgan fingerprint density at radius 1 is 1.54 bits per heavy atom. The van der Waals surface area contributed by atoms with E-state index in [2.05, 4.69) is 12.2 Å². The van der Waals surface area contributed by atoms with Gasteiger partial charge in [-0.1, -0.05) is 6.92 Å². The molecule has 0 unspecified atom stereocenters. The average Bonchev–Trinajstić information content (AvgIpc) is 2.65. The third kappa shape index (κ3) is 2.48. The molecule has 1 N–H and O–H groups in total. The van der Waals surface area contributed by atoms with Gasteiger partial charge in [0.2, 0.25) is 0 Å². The summed E-state index contributed by atoms with van der Waals surface area (Å²) in [6.45, 7) is 4.16. The van der Waals surface area contributed by atoms with E-state index in [0.717, 1.165) is 18.8 Å². The van der Waals surface area contributed by atoms with Crippen LogP contribution in [0.15, 0.2) is 16.5 Å². The van der Waals surface area contributed by atoms with E-state index in [4.69, 9.17) is 16.0 Å². The van der Waals surface area contributed by atoms with Gasteiger partial charge >= 0.3 is 0 Å². The van der Waals surface area contributed by atoms with Crippen molar-refractivity contribution in [2.45, 2.75) is 26.3 Å². The third-order valence-corrected chi connectivity index (χ3v) is 2.79. The number of hydrogen-bond acceptors (Lipinski definition) is 2. The van der Waals surface area contributed by atoms with Crippen molar-refractivity contribution in [1.29, 1.82) is 0 Å². The molecule has 1 aromatic rings. The zero-order valence-corrected chi connectivity index (χ0v) is 8.53. The Morgan fingerprint density at radius 2 is 2.31 bits per heavy atom. The normalized spacial score (nSPS) is 18.9. The molecule has 0 radical (unpaired) electrons. The summed E-state index contributed by atoms with van der Waals surface area (Å²) in [6, 6.07) is 3.68. The Balaban J connectivity index is 1.73. The molecule has 0 aliphatic heterocycles. The molecule has 1 fully saturated rings. The van der Waals surface area contributed by atoms with Gasteiger partial charge in [0.1, 0.15) is 5.76 Å². The van der Waals surface area contributed by atoms with Crippen molar-refractivity contribution in [3.8, 4) is 0 Å². The maximum atomic E-state index is 5.65. The molecule has 1 aliphatic carbocycles. The standard InChI is InChI=1S/C10H14ClNO/c1-10(4-5-10)7-12-6-8-2-3-9(11)13-8/h2-3,12H,4-7H2,1H3. The van der Waals surface area contributed by atoms with Crippen LogP contribution in [0.5, 0.6) is 0 Å². The average molecular weight is 200 g/mol. The molecule has 2 nitrogen and oxygen atoms in total. The predicted molar refractivity (Wildman–Crippen MR) is 52.8 cm³/mol. The van der Waals surface area contributed by atoms with Crippen molar-refractivity contribution in [3.63, 3.8) is 0 Å². The summed E-state index contributed by atoms with van der Waals surface area (Å²) in [6.07, 6.45) is 2.69. The van der Waals surface area contributed by atoms with E-state index in [1.807, 2.05) is 6.07 Å². The Hall–Kier alpha value is -0.470. The molecule has 0 atom stereocenters. The Bertz CT molecular complexity index is 291. The van der Waals surface area contributed by atoms with E-state index in [1.54, 1.807) is 6.07 Å². The van der Waals surface area contributed by atoms with E-state index in [-0.39, 0.29) is 0 Å².